The minimum Gasteiger partial charge on any atom is -0.466 e. The molecule has 1 aromatic heterocycles. The normalized spacial score (nSPS) is 11.6. The van der Waals surface area contributed by atoms with Crippen molar-refractivity contribution in [1.82, 2.24) is 5.43 Å². The van der Waals surface area contributed by atoms with Crippen molar-refractivity contribution in [3.63, 3.8) is 0 Å². The zero-order valence-electron chi connectivity index (χ0n) is 11.0. The number of unbranched alkanes of at least 4 members (excludes halogenated alkanes) is 1. The Balaban J connectivity index is 2.58. The second-order valence-corrected chi connectivity index (χ2v) is 4.22. The van der Waals surface area contributed by atoms with E-state index >= 15 is 0 Å². The summed E-state index contributed by atoms with van der Waals surface area (Å²) in [6, 6.07) is 1.72. The lowest BCUT2D eigenvalue weighted by atomic mass is 10.2. The highest BCUT2D eigenvalue weighted by Crippen LogP contribution is 2.13. The number of hydrogen-bond acceptors (Lipinski definition) is 3. The molecule has 0 saturated heterocycles. The van der Waals surface area contributed by atoms with Crippen molar-refractivity contribution in [2.45, 2.75) is 47.0 Å². The molecular formula is C13H20N2O2. The maximum atomic E-state index is 11.8. The van der Waals surface area contributed by atoms with Crippen LogP contribution < -0.4 is 5.43 Å². The Morgan fingerprint density at radius 2 is 2.18 bits per heavy atom. The molecule has 4 heteroatoms. The van der Waals surface area contributed by atoms with E-state index in [2.05, 4.69) is 17.5 Å². The number of aryl methyl sites for hydroxylation is 2. The standard InChI is InChI=1S/C13H20N2O2/c1-5-6-7-9(2)14-15-13(16)12-8-10(3)17-11(12)4/h8H,5-7H2,1-4H3,(H,15,16)/b14-9+. The summed E-state index contributed by atoms with van der Waals surface area (Å²) in [5.41, 5.74) is 4.04. The Morgan fingerprint density at radius 3 is 2.71 bits per heavy atom. The van der Waals surface area contributed by atoms with Gasteiger partial charge in [-0.2, -0.15) is 5.10 Å². The lowest BCUT2D eigenvalue weighted by Crippen LogP contribution is -2.19. The molecule has 0 aliphatic rings. The van der Waals surface area contributed by atoms with Crippen LogP contribution in [0.5, 0.6) is 0 Å². The number of nitrogens with one attached hydrogen (secondary N) is 1. The number of furan rings is 1. The van der Waals surface area contributed by atoms with Crippen molar-refractivity contribution in [3.05, 3.63) is 23.2 Å². The van der Waals surface area contributed by atoms with Gasteiger partial charge in [0.15, 0.2) is 0 Å². The largest absolute Gasteiger partial charge is 0.466 e. The van der Waals surface area contributed by atoms with E-state index in [1.54, 1.807) is 13.0 Å². The van der Waals surface area contributed by atoms with E-state index in [1.165, 1.54) is 0 Å². The molecule has 17 heavy (non-hydrogen) atoms. The molecule has 0 unspecified atom stereocenters. The molecule has 0 aliphatic carbocycles. The first kappa shape index (κ1) is 13.5. The molecule has 0 aromatic carbocycles. The summed E-state index contributed by atoms with van der Waals surface area (Å²) in [5.74, 6) is 1.15. The van der Waals surface area contributed by atoms with Crippen LogP contribution in [0.3, 0.4) is 0 Å². The molecule has 1 N–H and O–H groups in total. The third-order valence-electron chi connectivity index (χ3n) is 2.53. The van der Waals surface area contributed by atoms with Gasteiger partial charge in [0.25, 0.3) is 5.91 Å². The maximum Gasteiger partial charge on any atom is 0.274 e. The number of hydrogen-bond donors (Lipinski definition) is 1. The topological polar surface area (TPSA) is 54.6 Å². The van der Waals surface area contributed by atoms with E-state index in [-0.39, 0.29) is 5.91 Å². The van der Waals surface area contributed by atoms with Crippen molar-refractivity contribution in [3.8, 4) is 0 Å². The molecule has 0 fully saturated rings. The van der Waals surface area contributed by atoms with E-state index in [1.807, 2.05) is 13.8 Å². The highest BCUT2D eigenvalue weighted by molar-refractivity contribution is 5.96. The molecule has 1 heterocycles. The SMILES string of the molecule is CCCC/C(C)=N/NC(=O)c1cc(C)oc1C. The predicted molar refractivity (Wildman–Crippen MR) is 68.3 cm³/mol. The van der Waals surface area contributed by atoms with E-state index < -0.39 is 0 Å². The summed E-state index contributed by atoms with van der Waals surface area (Å²) in [7, 11) is 0. The van der Waals surface area contributed by atoms with Gasteiger partial charge in [-0.05, 0) is 39.7 Å². The zero-order chi connectivity index (χ0) is 12.8. The molecule has 1 rings (SSSR count). The number of carbonyl (C=O) groups excluding carboxylic acids is 1. The highest BCUT2D eigenvalue weighted by atomic mass is 16.3. The van der Waals surface area contributed by atoms with Crippen LogP contribution in [0.15, 0.2) is 15.6 Å². The van der Waals surface area contributed by atoms with E-state index in [4.69, 9.17) is 4.42 Å². The molecule has 0 radical (unpaired) electrons. The second kappa shape index (κ2) is 6.23. The summed E-state index contributed by atoms with van der Waals surface area (Å²) in [4.78, 5) is 11.8. The summed E-state index contributed by atoms with van der Waals surface area (Å²) in [5, 5.41) is 4.06. The first-order valence-electron chi connectivity index (χ1n) is 5.95. The van der Waals surface area contributed by atoms with Gasteiger partial charge in [0, 0.05) is 5.71 Å². The van der Waals surface area contributed by atoms with Crippen LogP contribution in [0, 0.1) is 13.8 Å². The summed E-state index contributed by atoms with van der Waals surface area (Å²) >= 11 is 0. The van der Waals surface area contributed by atoms with E-state index in [0.29, 0.717) is 11.3 Å². The molecule has 0 bridgehead atoms. The van der Waals surface area contributed by atoms with E-state index in [0.717, 1.165) is 30.7 Å². The lowest BCUT2D eigenvalue weighted by molar-refractivity contribution is 0.0953. The molecule has 1 amide bonds. The number of carbonyl (C=O) groups is 1. The Labute approximate surface area is 102 Å². The minimum atomic E-state index is -0.213. The highest BCUT2D eigenvalue weighted by Gasteiger charge is 2.12. The van der Waals surface area contributed by atoms with Crippen molar-refractivity contribution in [1.29, 1.82) is 0 Å². The Kier molecular flexibility index (Phi) is 4.94. The number of hydrazone groups is 1. The van der Waals surface area contributed by atoms with Gasteiger partial charge < -0.3 is 4.42 Å². The van der Waals surface area contributed by atoms with Gasteiger partial charge in [0.2, 0.25) is 0 Å². The summed E-state index contributed by atoms with van der Waals surface area (Å²) in [6.45, 7) is 7.64. The van der Waals surface area contributed by atoms with Gasteiger partial charge in [0.05, 0.1) is 5.56 Å². The molecule has 0 atom stereocenters. The average molecular weight is 236 g/mol. The van der Waals surface area contributed by atoms with Gasteiger partial charge in [0.1, 0.15) is 11.5 Å². The Bertz CT molecular complexity index is 419. The van der Waals surface area contributed by atoms with Crippen molar-refractivity contribution >= 4 is 11.6 Å². The molecule has 4 nitrogen and oxygen atoms in total. The summed E-state index contributed by atoms with van der Waals surface area (Å²) in [6.07, 6.45) is 3.13. The van der Waals surface area contributed by atoms with Crippen LogP contribution in [0.4, 0.5) is 0 Å². The fraction of sp³-hybridized carbons (Fsp3) is 0.538. The average Bonchev–Trinajstić information content (AvgIpc) is 2.62. The van der Waals surface area contributed by atoms with Crippen LogP contribution in [-0.2, 0) is 0 Å². The molecule has 0 saturated carbocycles. The zero-order valence-corrected chi connectivity index (χ0v) is 11.0. The van der Waals surface area contributed by atoms with Crippen LogP contribution >= 0.6 is 0 Å². The van der Waals surface area contributed by atoms with Gasteiger partial charge in [-0.3, -0.25) is 4.79 Å². The number of amides is 1. The van der Waals surface area contributed by atoms with Crippen molar-refractivity contribution in [2.75, 3.05) is 0 Å². The third kappa shape index (κ3) is 4.06. The van der Waals surface area contributed by atoms with E-state index in [9.17, 15) is 4.79 Å². The molecular weight excluding hydrogens is 216 g/mol. The molecule has 94 valence electrons. The fourth-order valence-electron chi connectivity index (χ4n) is 1.55. The fourth-order valence-corrected chi connectivity index (χ4v) is 1.55. The molecule has 1 aromatic rings. The van der Waals surface area contributed by atoms with Gasteiger partial charge in [-0.15, -0.1) is 0 Å². The second-order valence-electron chi connectivity index (χ2n) is 4.22. The minimum absolute atomic E-state index is 0.213. The molecule has 0 spiro atoms. The first-order chi connectivity index (χ1) is 8.04. The van der Waals surface area contributed by atoms with Crippen LogP contribution in [0.2, 0.25) is 0 Å². The quantitative estimate of drug-likeness (QED) is 0.630. The maximum absolute atomic E-state index is 11.8. The van der Waals surface area contributed by atoms with Gasteiger partial charge >= 0.3 is 0 Å². The number of nitrogens with zero attached hydrogens (tertiary/aromatic N) is 1. The lowest BCUT2D eigenvalue weighted by Gasteiger charge is -2.01. The monoisotopic (exact) mass is 236 g/mol. The van der Waals surface area contributed by atoms with Crippen molar-refractivity contribution in [2.24, 2.45) is 5.10 Å². The van der Waals surface area contributed by atoms with Crippen molar-refractivity contribution < 1.29 is 9.21 Å². The van der Waals surface area contributed by atoms with Crippen LogP contribution in [0.1, 0.15) is 55.0 Å². The third-order valence-corrected chi connectivity index (χ3v) is 2.53. The van der Waals surface area contributed by atoms with Gasteiger partial charge in [-0.25, -0.2) is 5.43 Å². The predicted octanol–water partition coefficient (Wildman–Crippen LogP) is 3.19. The smallest absolute Gasteiger partial charge is 0.274 e. The molecule has 0 aliphatic heterocycles. The van der Waals surface area contributed by atoms with Gasteiger partial charge in [-0.1, -0.05) is 13.3 Å². The number of rotatable bonds is 5. The summed E-state index contributed by atoms with van der Waals surface area (Å²) < 4.78 is 5.30. The van der Waals surface area contributed by atoms with Crippen LogP contribution in [-0.4, -0.2) is 11.6 Å². The Morgan fingerprint density at radius 1 is 1.47 bits per heavy atom. The Hall–Kier alpha value is -1.58. The first-order valence-corrected chi connectivity index (χ1v) is 5.95. The van der Waals surface area contributed by atoms with Crippen LogP contribution in [0.25, 0.3) is 0 Å².